The molecule has 0 radical (unpaired) electrons. The molecule has 1 aliphatic rings. The van der Waals surface area contributed by atoms with Crippen molar-refractivity contribution < 1.29 is 0 Å². The Balaban J connectivity index is 1.99. The first-order chi connectivity index (χ1) is 9.66. The highest BCUT2D eigenvalue weighted by atomic mass is 15.2. The molecular weight excluding hydrogens is 248 g/mol. The van der Waals surface area contributed by atoms with Gasteiger partial charge in [-0.15, -0.1) is 0 Å². The molecule has 1 atom stereocenters. The number of aromatic nitrogens is 1. The van der Waals surface area contributed by atoms with Gasteiger partial charge in [-0.2, -0.15) is 0 Å². The molecule has 0 amide bonds. The number of fused-ring (bicyclic) bond motifs is 1. The number of piperidine rings is 1. The average Bonchev–Trinajstić information content (AvgIpc) is 2.47. The van der Waals surface area contributed by atoms with Gasteiger partial charge in [-0.1, -0.05) is 0 Å². The Hall–Kier alpha value is -1.81. The van der Waals surface area contributed by atoms with E-state index >= 15 is 0 Å². The average molecular weight is 270 g/mol. The zero-order chi connectivity index (χ0) is 14.1. The minimum Gasteiger partial charge on any atom is -0.398 e. The lowest BCUT2D eigenvalue weighted by molar-refractivity contribution is 0.248. The van der Waals surface area contributed by atoms with Crippen LogP contribution in [0.2, 0.25) is 0 Å². The quantitative estimate of drug-likeness (QED) is 0.851. The molecule has 2 heterocycles. The Bertz CT molecular complexity index is 610. The summed E-state index contributed by atoms with van der Waals surface area (Å²) in [6.45, 7) is 2.32. The number of nitrogens with two attached hydrogens (primary N) is 1. The molecule has 1 aliphatic heterocycles. The summed E-state index contributed by atoms with van der Waals surface area (Å²) in [4.78, 5) is 9.00. The molecule has 4 heteroatoms. The van der Waals surface area contributed by atoms with E-state index in [4.69, 9.17) is 5.73 Å². The summed E-state index contributed by atoms with van der Waals surface area (Å²) in [7, 11) is 4.39. The highest BCUT2D eigenvalue weighted by Gasteiger charge is 2.22. The number of hydrogen-bond acceptors (Lipinski definition) is 4. The molecule has 106 valence electrons. The fourth-order valence-electron chi connectivity index (χ4n) is 3.16. The van der Waals surface area contributed by atoms with E-state index in [0.29, 0.717) is 6.04 Å². The van der Waals surface area contributed by atoms with Crippen LogP contribution in [0.3, 0.4) is 0 Å². The third-order valence-electron chi connectivity index (χ3n) is 4.36. The number of nitrogen functional groups attached to an aromatic ring is 1. The maximum Gasteiger partial charge on any atom is 0.0448 e. The molecule has 0 saturated carbocycles. The van der Waals surface area contributed by atoms with Gasteiger partial charge in [-0.25, -0.2) is 0 Å². The van der Waals surface area contributed by atoms with Crippen LogP contribution in [0.1, 0.15) is 12.8 Å². The van der Waals surface area contributed by atoms with Crippen LogP contribution in [0.4, 0.5) is 11.4 Å². The van der Waals surface area contributed by atoms with Gasteiger partial charge in [0.05, 0.1) is 0 Å². The summed E-state index contributed by atoms with van der Waals surface area (Å²) in [5.41, 5.74) is 8.10. The van der Waals surface area contributed by atoms with Gasteiger partial charge in [0, 0.05) is 54.2 Å². The van der Waals surface area contributed by atoms with Crippen LogP contribution in [0.15, 0.2) is 30.6 Å². The molecule has 0 spiro atoms. The highest BCUT2D eigenvalue weighted by Crippen LogP contribution is 2.31. The van der Waals surface area contributed by atoms with E-state index in [0.717, 1.165) is 17.6 Å². The van der Waals surface area contributed by atoms with Crippen molar-refractivity contribution >= 4 is 22.1 Å². The third kappa shape index (κ3) is 2.31. The van der Waals surface area contributed by atoms with Crippen molar-refractivity contribution in [2.75, 3.05) is 37.8 Å². The molecule has 0 aliphatic carbocycles. The molecule has 20 heavy (non-hydrogen) atoms. The fraction of sp³-hybridized carbons (Fsp3) is 0.438. The second-order valence-electron chi connectivity index (χ2n) is 5.76. The maximum absolute atomic E-state index is 6.06. The second kappa shape index (κ2) is 5.29. The van der Waals surface area contributed by atoms with E-state index in [1.807, 2.05) is 18.5 Å². The number of pyridine rings is 1. The predicted molar refractivity (Wildman–Crippen MR) is 85.1 cm³/mol. The lowest BCUT2D eigenvalue weighted by Crippen LogP contribution is -2.45. The minimum atomic E-state index is 0.564. The summed E-state index contributed by atoms with van der Waals surface area (Å²) in [6, 6.07) is 6.74. The Kier molecular flexibility index (Phi) is 3.49. The lowest BCUT2D eigenvalue weighted by Gasteiger charge is -2.37. The summed E-state index contributed by atoms with van der Waals surface area (Å²) in [5.74, 6) is 0. The van der Waals surface area contributed by atoms with Gasteiger partial charge >= 0.3 is 0 Å². The van der Waals surface area contributed by atoms with Crippen LogP contribution in [0.25, 0.3) is 10.8 Å². The van der Waals surface area contributed by atoms with Crippen LogP contribution in [0.5, 0.6) is 0 Å². The van der Waals surface area contributed by atoms with E-state index in [9.17, 15) is 0 Å². The summed E-state index contributed by atoms with van der Waals surface area (Å²) < 4.78 is 0. The minimum absolute atomic E-state index is 0.564. The maximum atomic E-state index is 6.06. The van der Waals surface area contributed by atoms with Crippen LogP contribution in [-0.4, -0.2) is 43.1 Å². The largest absolute Gasteiger partial charge is 0.398 e. The number of hydrogen-bond donors (Lipinski definition) is 1. The van der Waals surface area contributed by atoms with Gasteiger partial charge in [0.15, 0.2) is 0 Å². The van der Waals surface area contributed by atoms with Gasteiger partial charge in [0.2, 0.25) is 0 Å². The van der Waals surface area contributed by atoms with Gasteiger partial charge in [0.1, 0.15) is 0 Å². The lowest BCUT2D eigenvalue weighted by atomic mass is 10.0. The topological polar surface area (TPSA) is 45.4 Å². The molecule has 1 aromatic carbocycles. The van der Waals surface area contributed by atoms with Crippen molar-refractivity contribution in [3.63, 3.8) is 0 Å². The molecule has 1 unspecified atom stereocenters. The molecule has 4 nitrogen and oxygen atoms in total. The van der Waals surface area contributed by atoms with Gasteiger partial charge in [0.25, 0.3) is 0 Å². The Labute approximate surface area is 120 Å². The molecule has 1 aromatic heterocycles. The first-order valence-electron chi connectivity index (χ1n) is 7.20. The van der Waals surface area contributed by atoms with Crippen molar-refractivity contribution in [3.8, 4) is 0 Å². The van der Waals surface area contributed by atoms with Gasteiger partial charge in [-0.3, -0.25) is 4.98 Å². The molecule has 2 aromatic rings. The van der Waals surface area contributed by atoms with E-state index in [1.165, 1.54) is 30.5 Å². The smallest absolute Gasteiger partial charge is 0.0448 e. The monoisotopic (exact) mass is 270 g/mol. The van der Waals surface area contributed by atoms with Crippen LogP contribution < -0.4 is 10.6 Å². The van der Waals surface area contributed by atoms with Crippen LogP contribution in [-0.2, 0) is 0 Å². The number of nitrogens with zero attached hydrogens (tertiary/aromatic N) is 3. The van der Waals surface area contributed by atoms with Crippen molar-refractivity contribution in [3.05, 3.63) is 30.6 Å². The standard InChI is InChI=1S/C16H22N4/c1-19-9-3-4-12(11-19)20(2)16-6-5-15(17)14-10-18-8-7-13(14)16/h5-8,10,12H,3-4,9,11,17H2,1-2H3. The zero-order valence-electron chi connectivity index (χ0n) is 12.2. The van der Waals surface area contributed by atoms with Crippen molar-refractivity contribution in [2.24, 2.45) is 0 Å². The third-order valence-corrected chi connectivity index (χ3v) is 4.36. The molecule has 0 bridgehead atoms. The van der Waals surface area contributed by atoms with E-state index in [-0.39, 0.29) is 0 Å². The number of likely N-dealkylation sites (tertiary alicyclic amines) is 1. The molecular formula is C16H22N4. The van der Waals surface area contributed by atoms with Crippen LogP contribution in [0, 0.1) is 0 Å². The Morgan fingerprint density at radius 1 is 1.30 bits per heavy atom. The Morgan fingerprint density at radius 2 is 2.15 bits per heavy atom. The van der Waals surface area contributed by atoms with Crippen molar-refractivity contribution in [2.45, 2.75) is 18.9 Å². The highest BCUT2D eigenvalue weighted by molar-refractivity contribution is 6.00. The van der Waals surface area contributed by atoms with Crippen molar-refractivity contribution in [1.29, 1.82) is 0 Å². The Morgan fingerprint density at radius 3 is 2.95 bits per heavy atom. The number of likely N-dealkylation sites (N-methyl/N-ethyl adjacent to an activating group) is 2. The van der Waals surface area contributed by atoms with E-state index < -0.39 is 0 Å². The van der Waals surface area contributed by atoms with Crippen molar-refractivity contribution in [1.82, 2.24) is 9.88 Å². The summed E-state index contributed by atoms with van der Waals surface area (Å²) in [5, 5.41) is 2.23. The number of rotatable bonds is 2. The number of benzene rings is 1. The number of anilines is 2. The second-order valence-corrected chi connectivity index (χ2v) is 5.76. The van der Waals surface area contributed by atoms with E-state index in [2.05, 4.69) is 41.0 Å². The first kappa shape index (κ1) is 13.2. The summed E-state index contributed by atoms with van der Waals surface area (Å²) in [6.07, 6.45) is 6.21. The SMILES string of the molecule is CN1CCCC(N(C)c2ccc(N)c3cnccc23)C1. The fourth-order valence-corrected chi connectivity index (χ4v) is 3.16. The summed E-state index contributed by atoms with van der Waals surface area (Å²) >= 11 is 0. The molecule has 3 rings (SSSR count). The van der Waals surface area contributed by atoms with Gasteiger partial charge in [-0.05, 0) is 44.6 Å². The molecule has 2 N–H and O–H groups in total. The van der Waals surface area contributed by atoms with E-state index in [1.54, 1.807) is 0 Å². The molecule has 1 saturated heterocycles. The van der Waals surface area contributed by atoms with Gasteiger partial charge < -0.3 is 15.5 Å². The zero-order valence-corrected chi connectivity index (χ0v) is 12.2. The predicted octanol–water partition coefficient (Wildman–Crippen LogP) is 2.35. The molecule has 1 fully saturated rings. The first-order valence-corrected chi connectivity index (χ1v) is 7.20. The normalized spacial score (nSPS) is 20.2. The van der Waals surface area contributed by atoms with Crippen LogP contribution >= 0.6 is 0 Å².